The third kappa shape index (κ3) is 3.89. The van der Waals surface area contributed by atoms with Crippen LogP contribution in [-0.2, 0) is 11.3 Å². The van der Waals surface area contributed by atoms with Crippen molar-refractivity contribution >= 4 is 5.78 Å². The fourth-order valence-corrected chi connectivity index (χ4v) is 2.77. The minimum atomic E-state index is -4.30. The van der Waals surface area contributed by atoms with E-state index in [-0.39, 0.29) is 18.4 Å². The van der Waals surface area contributed by atoms with Gasteiger partial charge in [-0.3, -0.25) is 9.69 Å². The van der Waals surface area contributed by atoms with E-state index < -0.39 is 12.7 Å². The molecule has 124 valence electrons. The summed E-state index contributed by atoms with van der Waals surface area (Å²) in [5.74, 6) is -0.143. The lowest BCUT2D eigenvalue weighted by atomic mass is 10.1. The van der Waals surface area contributed by atoms with Gasteiger partial charge in [0.25, 0.3) is 0 Å². The number of aromatic nitrogens is 1. The Kier molecular flexibility index (Phi) is 4.97. The molecule has 2 heterocycles. The van der Waals surface area contributed by atoms with Crippen molar-refractivity contribution in [3.63, 3.8) is 0 Å². The predicted octanol–water partition coefficient (Wildman–Crippen LogP) is 2.57. The van der Waals surface area contributed by atoms with Gasteiger partial charge in [0.1, 0.15) is 6.54 Å². The molecule has 0 bridgehead atoms. The van der Waals surface area contributed by atoms with Crippen molar-refractivity contribution in [3.8, 4) is 0 Å². The second-order valence-electron chi connectivity index (χ2n) is 5.80. The van der Waals surface area contributed by atoms with Crippen LogP contribution in [0, 0.1) is 13.8 Å². The molecule has 1 atom stereocenters. The van der Waals surface area contributed by atoms with Crippen molar-refractivity contribution in [1.82, 2.24) is 9.47 Å². The smallest absolute Gasteiger partial charge is 0.379 e. The number of carbonyl (C=O) groups excluding carboxylic acids is 1. The summed E-state index contributed by atoms with van der Waals surface area (Å²) in [7, 11) is 0. The summed E-state index contributed by atoms with van der Waals surface area (Å²) in [5, 5.41) is 0. The van der Waals surface area contributed by atoms with Gasteiger partial charge in [0.15, 0.2) is 5.78 Å². The highest BCUT2D eigenvalue weighted by molar-refractivity contribution is 5.99. The van der Waals surface area contributed by atoms with Crippen LogP contribution in [-0.4, -0.2) is 53.8 Å². The van der Waals surface area contributed by atoms with Crippen LogP contribution in [0.3, 0.4) is 0 Å². The number of hydrogen-bond donors (Lipinski definition) is 0. The van der Waals surface area contributed by atoms with Gasteiger partial charge in [-0.05, 0) is 26.8 Å². The lowest BCUT2D eigenvalue weighted by Crippen LogP contribution is -2.46. The van der Waals surface area contributed by atoms with Crippen LogP contribution in [0.4, 0.5) is 13.2 Å². The van der Waals surface area contributed by atoms with Gasteiger partial charge in [0.2, 0.25) is 0 Å². The van der Waals surface area contributed by atoms with Gasteiger partial charge in [-0.15, -0.1) is 0 Å². The Labute approximate surface area is 127 Å². The van der Waals surface area contributed by atoms with Crippen molar-refractivity contribution < 1.29 is 22.7 Å². The van der Waals surface area contributed by atoms with Gasteiger partial charge in [0, 0.05) is 29.5 Å². The Balaban J connectivity index is 2.15. The van der Waals surface area contributed by atoms with Gasteiger partial charge in [0.05, 0.1) is 19.8 Å². The molecule has 7 heteroatoms. The maximum absolute atomic E-state index is 12.6. The van der Waals surface area contributed by atoms with Crippen molar-refractivity contribution in [2.24, 2.45) is 0 Å². The third-order valence-corrected chi connectivity index (χ3v) is 4.06. The molecule has 0 unspecified atom stereocenters. The molecular formula is C15H21F3N2O2. The Morgan fingerprint density at radius 2 is 2.09 bits per heavy atom. The third-order valence-electron chi connectivity index (χ3n) is 4.06. The average molecular weight is 318 g/mol. The summed E-state index contributed by atoms with van der Waals surface area (Å²) < 4.78 is 44.3. The Morgan fingerprint density at radius 1 is 1.41 bits per heavy atom. The monoisotopic (exact) mass is 318 g/mol. The Morgan fingerprint density at radius 3 is 2.68 bits per heavy atom. The molecule has 0 amide bonds. The fraction of sp³-hybridized carbons (Fsp3) is 0.667. The molecule has 0 saturated carbocycles. The Hall–Kier alpha value is -1.34. The van der Waals surface area contributed by atoms with Gasteiger partial charge in [-0.2, -0.15) is 13.2 Å². The first-order valence-electron chi connectivity index (χ1n) is 7.27. The normalized spacial score (nSPS) is 20.4. The highest BCUT2D eigenvalue weighted by Gasteiger charge is 2.31. The molecule has 22 heavy (non-hydrogen) atoms. The number of hydrogen-bond acceptors (Lipinski definition) is 3. The van der Waals surface area contributed by atoms with Gasteiger partial charge in [-0.1, -0.05) is 0 Å². The number of rotatable bonds is 4. The van der Waals surface area contributed by atoms with E-state index in [1.807, 2.05) is 11.8 Å². The van der Waals surface area contributed by atoms with Crippen molar-refractivity contribution in [1.29, 1.82) is 0 Å². The summed E-state index contributed by atoms with van der Waals surface area (Å²) in [6.07, 6.45) is -4.30. The van der Waals surface area contributed by atoms with Crippen LogP contribution < -0.4 is 0 Å². The molecule has 2 rings (SSSR count). The van der Waals surface area contributed by atoms with E-state index in [1.54, 1.807) is 19.9 Å². The molecule has 0 aliphatic carbocycles. The largest absolute Gasteiger partial charge is 0.406 e. The molecule has 1 saturated heterocycles. The molecule has 0 spiro atoms. The number of nitrogens with zero attached hydrogens (tertiary/aromatic N) is 2. The molecule has 1 aliphatic rings. The second kappa shape index (κ2) is 6.42. The predicted molar refractivity (Wildman–Crippen MR) is 76.1 cm³/mol. The molecule has 1 aliphatic heterocycles. The molecule has 1 aromatic rings. The molecule has 0 aromatic carbocycles. The van der Waals surface area contributed by atoms with E-state index in [1.165, 1.54) is 0 Å². The first-order valence-corrected chi connectivity index (χ1v) is 7.27. The van der Waals surface area contributed by atoms with Crippen molar-refractivity contribution in [3.05, 3.63) is 23.0 Å². The highest BCUT2D eigenvalue weighted by Crippen LogP contribution is 2.23. The molecule has 1 fully saturated rings. The van der Waals surface area contributed by atoms with Crippen LogP contribution in [0.2, 0.25) is 0 Å². The van der Waals surface area contributed by atoms with Gasteiger partial charge < -0.3 is 9.30 Å². The number of halogens is 3. The number of ether oxygens (including phenoxy) is 1. The van der Waals surface area contributed by atoms with E-state index in [0.717, 1.165) is 4.57 Å². The molecule has 1 aromatic heterocycles. The van der Waals surface area contributed by atoms with E-state index in [0.29, 0.717) is 36.7 Å². The van der Waals surface area contributed by atoms with Crippen LogP contribution >= 0.6 is 0 Å². The topological polar surface area (TPSA) is 34.5 Å². The van der Waals surface area contributed by atoms with E-state index in [2.05, 4.69) is 0 Å². The van der Waals surface area contributed by atoms with Crippen LogP contribution in [0.5, 0.6) is 0 Å². The van der Waals surface area contributed by atoms with Gasteiger partial charge >= 0.3 is 6.18 Å². The highest BCUT2D eigenvalue weighted by atomic mass is 19.4. The zero-order valence-corrected chi connectivity index (χ0v) is 13.0. The van der Waals surface area contributed by atoms with Crippen LogP contribution in [0.15, 0.2) is 6.07 Å². The summed E-state index contributed by atoms with van der Waals surface area (Å²) >= 11 is 0. The Bertz CT molecular complexity index is 552. The number of aryl methyl sites for hydroxylation is 1. The number of ketones is 1. The van der Waals surface area contributed by atoms with Crippen molar-refractivity contribution in [2.45, 2.75) is 39.5 Å². The molecular weight excluding hydrogens is 297 g/mol. The minimum Gasteiger partial charge on any atom is -0.379 e. The first kappa shape index (κ1) is 17.0. The van der Waals surface area contributed by atoms with Crippen LogP contribution in [0.25, 0.3) is 0 Å². The second-order valence-corrected chi connectivity index (χ2v) is 5.80. The first-order chi connectivity index (χ1) is 10.2. The molecule has 4 nitrogen and oxygen atoms in total. The van der Waals surface area contributed by atoms with E-state index in [9.17, 15) is 18.0 Å². The number of morpholine rings is 1. The number of carbonyl (C=O) groups is 1. The summed E-state index contributed by atoms with van der Waals surface area (Å²) in [5.41, 5.74) is 1.20. The van der Waals surface area contributed by atoms with E-state index in [4.69, 9.17) is 4.74 Å². The lowest BCUT2D eigenvalue weighted by Gasteiger charge is -2.32. The van der Waals surface area contributed by atoms with Gasteiger partial charge in [-0.25, -0.2) is 0 Å². The quantitative estimate of drug-likeness (QED) is 0.800. The SMILES string of the molecule is Cc1cc(C(=O)CN2CCOC[C@@H]2C)c(C)n1CC(F)(F)F. The average Bonchev–Trinajstić information content (AvgIpc) is 2.68. The van der Waals surface area contributed by atoms with Crippen molar-refractivity contribution in [2.75, 3.05) is 26.3 Å². The number of alkyl halides is 3. The maximum Gasteiger partial charge on any atom is 0.406 e. The fourth-order valence-electron chi connectivity index (χ4n) is 2.77. The number of Topliss-reactive ketones (excluding diaryl/α,β-unsaturated/α-hetero) is 1. The summed E-state index contributed by atoms with van der Waals surface area (Å²) in [4.78, 5) is 14.4. The van der Waals surface area contributed by atoms with Crippen LogP contribution in [0.1, 0.15) is 28.7 Å². The lowest BCUT2D eigenvalue weighted by molar-refractivity contribution is -0.141. The van der Waals surface area contributed by atoms with E-state index >= 15 is 0 Å². The standard InChI is InChI=1S/C15H21F3N2O2/c1-10-6-13(12(3)20(10)9-15(16,17)18)14(21)7-19-4-5-22-8-11(19)2/h6,11H,4-5,7-9H2,1-3H3/t11-/m0/s1. The zero-order chi connectivity index (χ0) is 16.5. The molecule has 0 N–H and O–H groups in total. The molecule has 0 radical (unpaired) electrons. The minimum absolute atomic E-state index is 0.136. The zero-order valence-electron chi connectivity index (χ0n) is 13.0. The summed E-state index contributed by atoms with van der Waals surface area (Å²) in [6, 6.07) is 1.69. The summed E-state index contributed by atoms with van der Waals surface area (Å²) in [6.45, 7) is 6.08. The maximum atomic E-state index is 12.6.